The van der Waals surface area contributed by atoms with Crippen LogP contribution in [0.15, 0.2) is 59.8 Å². The zero-order valence-electron chi connectivity index (χ0n) is 20.8. The molecule has 0 spiro atoms. The molecule has 1 saturated heterocycles. The first kappa shape index (κ1) is 25.3. The summed E-state index contributed by atoms with van der Waals surface area (Å²) >= 11 is 0. The van der Waals surface area contributed by atoms with Crippen LogP contribution >= 0.6 is 0 Å². The highest BCUT2D eigenvalue weighted by molar-refractivity contribution is 6.13. The lowest BCUT2D eigenvalue weighted by Crippen LogP contribution is -2.62. The Balaban J connectivity index is 1.58. The molecular weight excluding hydrogens is 460 g/mol. The minimum Gasteiger partial charge on any atom is -0.475 e. The molecule has 3 amide bonds. The highest BCUT2D eigenvalue weighted by Crippen LogP contribution is 2.38. The number of likely N-dealkylation sites (tertiary alicyclic amines) is 1. The third-order valence-corrected chi connectivity index (χ3v) is 6.49. The van der Waals surface area contributed by atoms with E-state index in [1.807, 2.05) is 30.3 Å². The molecule has 4 rings (SSSR count). The number of carbonyl (C=O) groups is 3. The molecule has 0 unspecified atom stereocenters. The molecule has 36 heavy (non-hydrogen) atoms. The average molecular weight is 493 g/mol. The van der Waals surface area contributed by atoms with Crippen molar-refractivity contribution < 1.29 is 19.1 Å². The second-order valence-electron chi connectivity index (χ2n) is 9.86. The van der Waals surface area contributed by atoms with Gasteiger partial charge < -0.3 is 20.7 Å². The summed E-state index contributed by atoms with van der Waals surface area (Å²) in [5.74, 6) is -0.650. The summed E-state index contributed by atoms with van der Waals surface area (Å²) in [6.45, 7) is 3.53. The van der Waals surface area contributed by atoms with E-state index in [1.165, 1.54) is 5.01 Å². The molecule has 190 valence electrons. The predicted octanol–water partition coefficient (Wildman–Crippen LogP) is 0.972. The fourth-order valence-corrected chi connectivity index (χ4v) is 4.56. The summed E-state index contributed by atoms with van der Waals surface area (Å²) in [6, 6.07) is 13.9. The summed E-state index contributed by atoms with van der Waals surface area (Å²) in [6.07, 6.45) is 2.46. The number of hydrazone groups is 1. The van der Waals surface area contributed by atoms with E-state index < -0.39 is 22.9 Å². The smallest absolute Gasteiger partial charge is 0.256 e. The van der Waals surface area contributed by atoms with Crippen molar-refractivity contribution in [3.05, 3.63) is 60.3 Å². The molecule has 3 N–H and O–H groups in total. The monoisotopic (exact) mass is 492 g/mol. The number of ether oxygens (including phenoxy) is 1. The molecule has 0 bridgehead atoms. The van der Waals surface area contributed by atoms with Gasteiger partial charge in [-0.2, -0.15) is 5.10 Å². The lowest BCUT2D eigenvalue weighted by molar-refractivity contribution is -0.143. The molecule has 2 aliphatic heterocycles. The molecule has 0 radical (unpaired) electrons. The van der Waals surface area contributed by atoms with Crippen molar-refractivity contribution in [1.82, 2.24) is 20.2 Å². The fourth-order valence-electron chi connectivity index (χ4n) is 4.56. The van der Waals surface area contributed by atoms with Gasteiger partial charge in [-0.1, -0.05) is 36.4 Å². The zero-order chi connectivity index (χ0) is 25.9. The minimum absolute atomic E-state index is 0.130. The van der Waals surface area contributed by atoms with Crippen LogP contribution in [0.5, 0.6) is 5.88 Å². The normalized spacial score (nSPS) is 20.4. The quantitative estimate of drug-likeness (QED) is 0.565. The molecular formula is C26H32N6O4. The molecule has 10 nitrogen and oxygen atoms in total. The fraction of sp³-hybridized carbons (Fsp3) is 0.423. The van der Waals surface area contributed by atoms with Crippen molar-refractivity contribution in [2.24, 2.45) is 16.3 Å². The first-order valence-corrected chi connectivity index (χ1v) is 11.9. The van der Waals surface area contributed by atoms with Crippen molar-refractivity contribution in [3.8, 4) is 5.88 Å². The highest BCUT2D eigenvalue weighted by atomic mass is 16.5. The Kier molecular flexibility index (Phi) is 7.07. The number of amides is 3. The van der Waals surface area contributed by atoms with Gasteiger partial charge in [0.2, 0.25) is 17.7 Å². The number of benzene rings is 1. The standard InChI is InChI=1S/C26H32N6O4/c1-25(2,27)23(34)29-19(16-36-21-11-7-8-13-28-21)22(33)32-14-12-20-26(17-32,24(35)31(3)30-20)15-18-9-5-4-6-10-18/h4-11,13,19H,12,14-17,27H2,1-3H3,(H,29,34)/t19-,26-/m1/s1. The van der Waals surface area contributed by atoms with Crippen molar-refractivity contribution in [3.63, 3.8) is 0 Å². The van der Waals surface area contributed by atoms with E-state index in [2.05, 4.69) is 15.4 Å². The number of nitrogens with zero attached hydrogens (tertiary/aromatic N) is 4. The van der Waals surface area contributed by atoms with Gasteiger partial charge in [0, 0.05) is 38.8 Å². The number of carbonyl (C=O) groups excluding carboxylic acids is 3. The van der Waals surface area contributed by atoms with Crippen molar-refractivity contribution in [2.45, 2.75) is 38.3 Å². The van der Waals surface area contributed by atoms with Gasteiger partial charge in [-0.05, 0) is 31.9 Å². The number of rotatable bonds is 8. The first-order valence-electron chi connectivity index (χ1n) is 11.9. The lowest BCUT2D eigenvalue weighted by atomic mass is 9.73. The number of hydrogen-bond acceptors (Lipinski definition) is 7. The Morgan fingerprint density at radius 1 is 1.19 bits per heavy atom. The van der Waals surface area contributed by atoms with Crippen LogP contribution in [0, 0.1) is 5.41 Å². The summed E-state index contributed by atoms with van der Waals surface area (Å²) in [7, 11) is 1.64. The second-order valence-corrected chi connectivity index (χ2v) is 9.86. The zero-order valence-corrected chi connectivity index (χ0v) is 20.8. The minimum atomic E-state index is -1.19. The number of nitrogens with one attached hydrogen (secondary N) is 1. The Bertz CT molecular complexity index is 1150. The van der Waals surface area contributed by atoms with E-state index in [4.69, 9.17) is 10.5 Å². The van der Waals surface area contributed by atoms with Gasteiger partial charge >= 0.3 is 0 Å². The summed E-state index contributed by atoms with van der Waals surface area (Å²) < 4.78 is 5.73. The molecule has 0 aliphatic carbocycles. The van der Waals surface area contributed by atoms with Gasteiger partial charge in [0.15, 0.2) is 0 Å². The van der Waals surface area contributed by atoms with Crippen molar-refractivity contribution in [1.29, 1.82) is 0 Å². The van der Waals surface area contributed by atoms with E-state index in [-0.39, 0.29) is 25.0 Å². The van der Waals surface area contributed by atoms with Crippen LogP contribution in [0.2, 0.25) is 0 Å². The van der Waals surface area contributed by atoms with Crippen LogP contribution < -0.4 is 15.8 Å². The molecule has 1 fully saturated rings. The summed E-state index contributed by atoms with van der Waals surface area (Å²) in [5, 5.41) is 8.60. The number of piperidine rings is 1. The molecule has 1 aromatic carbocycles. The Hall–Kier alpha value is -3.79. The van der Waals surface area contributed by atoms with Gasteiger partial charge in [0.1, 0.15) is 18.1 Å². The van der Waals surface area contributed by atoms with Crippen molar-refractivity contribution in [2.75, 3.05) is 26.7 Å². The molecule has 0 saturated carbocycles. The van der Waals surface area contributed by atoms with Crippen LogP contribution in [0.4, 0.5) is 0 Å². The largest absolute Gasteiger partial charge is 0.475 e. The van der Waals surface area contributed by atoms with Gasteiger partial charge in [0.05, 0.1) is 11.3 Å². The Morgan fingerprint density at radius 2 is 1.92 bits per heavy atom. The molecule has 10 heteroatoms. The molecule has 2 aliphatic rings. The topological polar surface area (TPSA) is 130 Å². The van der Waals surface area contributed by atoms with Crippen LogP contribution in [-0.2, 0) is 20.8 Å². The van der Waals surface area contributed by atoms with Gasteiger partial charge in [-0.25, -0.2) is 9.99 Å². The van der Waals surface area contributed by atoms with E-state index in [0.29, 0.717) is 25.3 Å². The lowest BCUT2D eigenvalue weighted by Gasteiger charge is -2.40. The first-order chi connectivity index (χ1) is 17.1. The van der Waals surface area contributed by atoms with Gasteiger partial charge in [0.25, 0.3) is 5.91 Å². The van der Waals surface area contributed by atoms with Crippen molar-refractivity contribution >= 4 is 23.4 Å². The number of nitrogens with two attached hydrogens (primary N) is 1. The van der Waals surface area contributed by atoms with Crippen LogP contribution in [0.25, 0.3) is 0 Å². The van der Waals surface area contributed by atoms with Gasteiger partial charge in [-0.15, -0.1) is 0 Å². The van der Waals surface area contributed by atoms with E-state index in [0.717, 1.165) is 11.3 Å². The SMILES string of the molecule is CN1N=C2CCN(C(=O)[C@@H](COc3ccccn3)NC(=O)C(C)(C)N)C[C@@]2(Cc2ccccc2)C1=O. The van der Waals surface area contributed by atoms with Gasteiger partial charge in [-0.3, -0.25) is 14.4 Å². The maximum absolute atomic E-state index is 13.8. The molecule has 3 heterocycles. The van der Waals surface area contributed by atoms with Crippen LogP contribution in [-0.4, -0.2) is 76.7 Å². The summed E-state index contributed by atoms with van der Waals surface area (Å²) in [5.41, 5.74) is 5.58. The third kappa shape index (κ3) is 5.23. The number of pyridine rings is 1. The molecule has 2 aromatic rings. The molecule has 1 aromatic heterocycles. The predicted molar refractivity (Wildman–Crippen MR) is 134 cm³/mol. The summed E-state index contributed by atoms with van der Waals surface area (Å²) in [4.78, 5) is 45.6. The Morgan fingerprint density at radius 3 is 2.58 bits per heavy atom. The Labute approximate surface area is 210 Å². The van der Waals surface area contributed by atoms with E-state index in [1.54, 1.807) is 50.2 Å². The average Bonchev–Trinajstić information content (AvgIpc) is 3.10. The van der Waals surface area contributed by atoms with Crippen LogP contribution in [0.1, 0.15) is 25.8 Å². The number of hydrogen-bond donors (Lipinski definition) is 2. The van der Waals surface area contributed by atoms with E-state index >= 15 is 0 Å². The molecule has 2 atom stereocenters. The maximum atomic E-state index is 13.8. The maximum Gasteiger partial charge on any atom is 0.256 e. The van der Waals surface area contributed by atoms with Crippen LogP contribution in [0.3, 0.4) is 0 Å². The number of aromatic nitrogens is 1. The second kappa shape index (κ2) is 10.1. The van der Waals surface area contributed by atoms with E-state index in [9.17, 15) is 14.4 Å². The third-order valence-electron chi connectivity index (χ3n) is 6.49. The number of fused-ring (bicyclic) bond motifs is 1. The highest BCUT2D eigenvalue weighted by Gasteiger charge is 2.54.